The fourth-order valence-electron chi connectivity index (χ4n) is 1.72. The summed E-state index contributed by atoms with van der Waals surface area (Å²) in [6.07, 6.45) is 2.22. The van der Waals surface area contributed by atoms with E-state index >= 15 is 0 Å². The van der Waals surface area contributed by atoms with E-state index in [0.717, 1.165) is 12.3 Å². The van der Waals surface area contributed by atoms with Crippen LogP contribution in [0, 0.1) is 5.92 Å². The van der Waals surface area contributed by atoms with Crippen LogP contribution in [-0.4, -0.2) is 22.9 Å². The third-order valence-corrected chi connectivity index (χ3v) is 2.75. The second kappa shape index (κ2) is 3.50. The Morgan fingerprint density at radius 1 is 1.62 bits per heavy atom. The number of rotatable bonds is 3. The number of hydrogen-bond acceptors (Lipinski definition) is 2. The molecule has 0 atom stereocenters. The molecule has 0 spiro atoms. The van der Waals surface area contributed by atoms with Gasteiger partial charge in [-0.15, -0.1) is 0 Å². The summed E-state index contributed by atoms with van der Waals surface area (Å²) in [6, 6.07) is 2.23. The van der Waals surface area contributed by atoms with E-state index in [2.05, 4.69) is 23.4 Å². The fraction of sp³-hybridized carbons (Fsp3) is 0.700. The van der Waals surface area contributed by atoms with Gasteiger partial charge in [-0.05, 0) is 37.9 Å². The molecule has 3 heteroatoms. The summed E-state index contributed by atoms with van der Waals surface area (Å²) >= 11 is 0. The highest BCUT2D eigenvalue weighted by molar-refractivity contribution is 5.11. The van der Waals surface area contributed by atoms with Crippen molar-refractivity contribution in [3.05, 3.63) is 17.5 Å². The third-order valence-electron chi connectivity index (χ3n) is 2.75. The molecule has 1 aliphatic rings. The van der Waals surface area contributed by atoms with E-state index in [1.165, 1.54) is 30.9 Å². The zero-order chi connectivity index (χ0) is 9.26. The first kappa shape index (κ1) is 8.75. The van der Waals surface area contributed by atoms with Gasteiger partial charge in [-0.25, -0.2) is 0 Å². The van der Waals surface area contributed by atoms with Crippen LogP contribution in [0.4, 0.5) is 0 Å². The van der Waals surface area contributed by atoms with Crippen LogP contribution in [0.3, 0.4) is 0 Å². The van der Waals surface area contributed by atoms with Gasteiger partial charge in [0.25, 0.3) is 0 Å². The van der Waals surface area contributed by atoms with Crippen LogP contribution in [0.25, 0.3) is 0 Å². The van der Waals surface area contributed by atoms with Crippen LogP contribution in [-0.2, 0) is 19.9 Å². The Labute approximate surface area is 79.1 Å². The summed E-state index contributed by atoms with van der Waals surface area (Å²) in [7, 11) is 2.04. The van der Waals surface area contributed by atoms with Crippen molar-refractivity contribution in [3.63, 3.8) is 0 Å². The van der Waals surface area contributed by atoms with Crippen molar-refractivity contribution in [2.24, 2.45) is 13.0 Å². The molecule has 1 saturated heterocycles. The molecule has 2 rings (SSSR count). The fourth-order valence-corrected chi connectivity index (χ4v) is 1.72. The van der Waals surface area contributed by atoms with E-state index < -0.39 is 0 Å². The molecule has 1 aromatic rings. The second-order valence-electron chi connectivity index (χ2n) is 3.83. The summed E-state index contributed by atoms with van der Waals surface area (Å²) < 4.78 is 2.02. The zero-order valence-corrected chi connectivity index (χ0v) is 8.38. The Bertz CT molecular complexity index is 286. The Morgan fingerprint density at radius 3 is 2.85 bits per heavy atom. The van der Waals surface area contributed by atoms with Crippen molar-refractivity contribution in [2.45, 2.75) is 19.8 Å². The average Bonchev–Trinajstić information content (AvgIpc) is 2.39. The van der Waals surface area contributed by atoms with Gasteiger partial charge in [0.05, 0.1) is 5.69 Å². The van der Waals surface area contributed by atoms with Crippen LogP contribution < -0.4 is 5.32 Å². The maximum Gasteiger partial charge on any atom is 0.0624 e. The average molecular weight is 179 g/mol. The first-order valence-electron chi connectivity index (χ1n) is 5.02. The molecule has 1 aliphatic heterocycles. The van der Waals surface area contributed by atoms with E-state index in [9.17, 15) is 0 Å². The molecule has 0 aromatic carbocycles. The molecule has 0 aliphatic carbocycles. The van der Waals surface area contributed by atoms with E-state index in [0.29, 0.717) is 0 Å². The minimum atomic E-state index is 0.833. The smallest absolute Gasteiger partial charge is 0.0624 e. The number of nitrogens with zero attached hydrogens (tertiary/aromatic N) is 2. The van der Waals surface area contributed by atoms with Gasteiger partial charge in [0.1, 0.15) is 0 Å². The van der Waals surface area contributed by atoms with Crippen molar-refractivity contribution in [1.82, 2.24) is 15.1 Å². The molecular weight excluding hydrogens is 162 g/mol. The highest BCUT2D eigenvalue weighted by Crippen LogP contribution is 2.13. The number of aryl methyl sites for hydroxylation is 2. The lowest BCUT2D eigenvalue weighted by atomic mass is 9.97. The lowest BCUT2D eigenvalue weighted by Crippen LogP contribution is -2.43. The van der Waals surface area contributed by atoms with Gasteiger partial charge in [-0.2, -0.15) is 5.10 Å². The predicted molar refractivity (Wildman–Crippen MR) is 52.6 cm³/mol. The first-order valence-corrected chi connectivity index (χ1v) is 5.02. The van der Waals surface area contributed by atoms with Crippen molar-refractivity contribution in [2.75, 3.05) is 13.1 Å². The molecule has 0 saturated carbocycles. The predicted octanol–water partition coefficient (Wildman–Crippen LogP) is 0.744. The van der Waals surface area contributed by atoms with Crippen LogP contribution in [0.15, 0.2) is 6.07 Å². The van der Waals surface area contributed by atoms with Crippen LogP contribution >= 0.6 is 0 Å². The van der Waals surface area contributed by atoms with E-state index in [1.807, 2.05) is 11.7 Å². The van der Waals surface area contributed by atoms with Gasteiger partial charge < -0.3 is 5.32 Å². The van der Waals surface area contributed by atoms with Crippen LogP contribution in [0.2, 0.25) is 0 Å². The van der Waals surface area contributed by atoms with Crippen LogP contribution in [0.1, 0.15) is 18.3 Å². The van der Waals surface area contributed by atoms with Gasteiger partial charge in [0.2, 0.25) is 0 Å². The molecular formula is C10H17N3. The molecule has 1 fully saturated rings. The van der Waals surface area contributed by atoms with Crippen molar-refractivity contribution in [3.8, 4) is 0 Å². The summed E-state index contributed by atoms with van der Waals surface area (Å²) in [5.41, 5.74) is 2.59. The summed E-state index contributed by atoms with van der Waals surface area (Å²) in [5, 5.41) is 7.73. The molecule has 0 amide bonds. The highest BCUT2D eigenvalue weighted by atomic mass is 15.3. The molecule has 72 valence electrons. The molecule has 2 heterocycles. The molecule has 1 N–H and O–H groups in total. The normalized spacial score (nSPS) is 17.4. The molecule has 0 radical (unpaired) electrons. The van der Waals surface area contributed by atoms with E-state index in [4.69, 9.17) is 0 Å². The molecule has 1 aromatic heterocycles. The number of hydrogen-bond donors (Lipinski definition) is 1. The lowest BCUT2D eigenvalue weighted by molar-refractivity contribution is 0.340. The summed E-state index contributed by atoms with van der Waals surface area (Å²) in [6.45, 7) is 4.50. The van der Waals surface area contributed by atoms with Gasteiger partial charge >= 0.3 is 0 Å². The zero-order valence-electron chi connectivity index (χ0n) is 8.38. The first-order chi connectivity index (χ1) is 6.29. The summed E-state index contributed by atoms with van der Waals surface area (Å²) in [4.78, 5) is 0. The van der Waals surface area contributed by atoms with Gasteiger partial charge in [-0.3, -0.25) is 4.68 Å². The Morgan fingerprint density at radius 2 is 2.38 bits per heavy atom. The highest BCUT2D eigenvalue weighted by Gasteiger charge is 2.18. The molecule has 3 nitrogen and oxygen atoms in total. The quantitative estimate of drug-likeness (QED) is 0.742. The number of aromatic nitrogens is 2. The lowest BCUT2D eigenvalue weighted by Gasteiger charge is -2.26. The maximum absolute atomic E-state index is 4.44. The van der Waals surface area contributed by atoms with E-state index in [1.54, 1.807) is 0 Å². The van der Waals surface area contributed by atoms with Crippen LogP contribution in [0.5, 0.6) is 0 Å². The molecule has 0 unspecified atom stereocenters. The topological polar surface area (TPSA) is 29.9 Å². The van der Waals surface area contributed by atoms with Crippen molar-refractivity contribution in [1.29, 1.82) is 0 Å². The maximum atomic E-state index is 4.44. The minimum absolute atomic E-state index is 0.833. The summed E-state index contributed by atoms with van der Waals surface area (Å²) in [5.74, 6) is 0.833. The third kappa shape index (κ3) is 1.75. The Balaban J connectivity index is 2.05. The molecule has 13 heavy (non-hydrogen) atoms. The monoisotopic (exact) mass is 179 g/mol. The van der Waals surface area contributed by atoms with Gasteiger partial charge in [-0.1, -0.05) is 6.92 Å². The Kier molecular flexibility index (Phi) is 2.36. The minimum Gasteiger partial charge on any atom is -0.316 e. The van der Waals surface area contributed by atoms with Gasteiger partial charge in [0, 0.05) is 12.7 Å². The largest absolute Gasteiger partial charge is 0.316 e. The van der Waals surface area contributed by atoms with Gasteiger partial charge in [0.15, 0.2) is 0 Å². The Hall–Kier alpha value is -0.830. The van der Waals surface area contributed by atoms with E-state index in [-0.39, 0.29) is 0 Å². The van der Waals surface area contributed by atoms with Crippen molar-refractivity contribution >= 4 is 0 Å². The van der Waals surface area contributed by atoms with Crippen molar-refractivity contribution < 1.29 is 0 Å². The number of nitrogens with one attached hydrogen (secondary N) is 1. The molecule has 0 bridgehead atoms. The SMILES string of the molecule is CCc1cc(CC2CNC2)n(C)n1. The second-order valence-corrected chi connectivity index (χ2v) is 3.83. The standard InChI is InChI=1S/C10H17N3/c1-3-9-5-10(13(2)12-9)4-8-6-11-7-8/h5,8,11H,3-4,6-7H2,1-2H3.